The van der Waals surface area contributed by atoms with Gasteiger partial charge in [-0.15, -0.1) is 0 Å². The van der Waals surface area contributed by atoms with Gasteiger partial charge in [-0.25, -0.2) is 0 Å². The Hall–Kier alpha value is 1.42. The monoisotopic (exact) mass is 587 g/mol. The molecule has 5 saturated carbocycles. The average molecular weight is 590 g/mol. The number of halogens is 2. The molecule has 0 radical (unpaired) electrons. The van der Waals surface area contributed by atoms with E-state index >= 15 is 0 Å². The fourth-order valence-corrected chi connectivity index (χ4v) is 11.0. The molecule has 6 fully saturated rings. The van der Waals surface area contributed by atoms with E-state index in [1.54, 1.807) is 77.0 Å². The van der Waals surface area contributed by atoms with Crippen molar-refractivity contribution in [2.24, 2.45) is 46.8 Å². The van der Waals surface area contributed by atoms with E-state index in [1.165, 1.54) is 25.7 Å². The standard InChI is InChI=1S/C28H47N.2CH3.2ClH.Zr/c1-19-14-15-24-23(18-19)25-26(21-12-6-7-13-22(21)27(25)29(24)2)28(16-8-3-9-17-28)20-10-4-5-11-20;;;;;/h19-27H,3-18H2,1-2H3;2*1H3;2*1H;/q;2*-1;;;+4/p-2. The van der Waals surface area contributed by atoms with Crippen LogP contribution in [0.5, 0.6) is 0 Å². The van der Waals surface area contributed by atoms with Gasteiger partial charge in [0.1, 0.15) is 0 Å². The molecule has 0 aromatic heterocycles. The molecule has 4 heteroatoms. The zero-order valence-electron chi connectivity index (χ0n) is 22.7. The van der Waals surface area contributed by atoms with Crippen molar-refractivity contribution in [3.05, 3.63) is 14.9 Å². The van der Waals surface area contributed by atoms with Gasteiger partial charge in [-0.3, -0.25) is 4.90 Å². The van der Waals surface area contributed by atoms with Gasteiger partial charge < -0.3 is 14.9 Å². The summed E-state index contributed by atoms with van der Waals surface area (Å²) in [7, 11) is 12.4. The van der Waals surface area contributed by atoms with E-state index in [0.717, 1.165) is 58.9 Å². The first-order chi connectivity index (χ1) is 15.6. The molecule has 1 aliphatic heterocycles. The first-order valence-electron chi connectivity index (χ1n) is 14.3. The van der Waals surface area contributed by atoms with Gasteiger partial charge >= 0.3 is 37.9 Å². The van der Waals surface area contributed by atoms with Crippen LogP contribution in [0.15, 0.2) is 0 Å². The second kappa shape index (κ2) is 13.0. The average Bonchev–Trinajstić information content (AvgIpc) is 3.52. The Bertz CT molecular complexity index is 617. The number of rotatable bonds is 2. The van der Waals surface area contributed by atoms with E-state index in [1.807, 2.05) is 0 Å². The molecule has 6 rings (SSSR count). The van der Waals surface area contributed by atoms with E-state index in [2.05, 4.69) is 18.9 Å². The van der Waals surface area contributed by atoms with Crippen LogP contribution in [0.1, 0.15) is 110 Å². The van der Waals surface area contributed by atoms with Gasteiger partial charge in [-0.1, -0.05) is 51.9 Å². The van der Waals surface area contributed by atoms with E-state index in [4.69, 9.17) is 17.0 Å². The molecule has 1 nitrogen and oxygen atoms in total. The summed E-state index contributed by atoms with van der Waals surface area (Å²) in [5.74, 6) is 7.45. The number of hydrogen-bond acceptors (Lipinski definition) is 1. The predicted molar refractivity (Wildman–Crippen MR) is 146 cm³/mol. The second-order valence-electron chi connectivity index (χ2n) is 12.9. The van der Waals surface area contributed by atoms with Crippen LogP contribution in [0.25, 0.3) is 0 Å². The van der Waals surface area contributed by atoms with Crippen LogP contribution in [0, 0.1) is 61.7 Å². The SMILES string of the molecule is CC1CCC2C(C1)C1C(C3CCCCC3C1C1(C3CCCC3)CCCCC1)N2C.[CH3-].[CH3-].[Cl][Zr+2][Cl]. The third-order valence-corrected chi connectivity index (χ3v) is 11.8. The van der Waals surface area contributed by atoms with E-state index < -0.39 is 20.8 Å². The van der Waals surface area contributed by atoms with E-state index in [0.29, 0.717) is 0 Å². The summed E-state index contributed by atoms with van der Waals surface area (Å²) in [5.41, 5.74) is 0.755. The van der Waals surface area contributed by atoms with Gasteiger partial charge in [0.15, 0.2) is 0 Å². The van der Waals surface area contributed by atoms with Crippen LogP contribution in [-0.4, -0.2) is 24.0 Å². The molecule has 0 bridgehead atoms. The summed E-state index contributed by atoms with van der Waals surface area (Å²) in [4.78, 5) is 3.01. The molecule has 8 unspecified atom stereocenters. The van der Waals surface area contributed by atoms with Crippen molar-refractivity contribution < 1.29 is 20.8 Å². The Labute approximate surface area is 231 Å². The van der Waals surface area contributed by atoms with Crippen LogP contribution in [0.2, 0.25) is 0 Å². The zero-order valence-corrected chi connectivity index (χ0v) is 26.7. The molecular weight excluding hydrogens is 536 g/mol. The van der Waals surface area contributed by atoms with Gasteiger partial charge in [0, 0.05) is 12.1 Å². The molecule has 0 aromatic carbocycles. The fraction of sp³-hybridized carbons (Fsp3) is 0.933. The Morgan fingerprint density at radius 3 is 1.97 bits per heavy atom. The Morgan fingerprint density at radius 1 is 0.735 bits per heavy atom. The molecule has 0 N–H and O–H groups in total. The Kier molecular flexibility index (Phi) is 11.4. The van der Waals surface area contributed by atoms with E-state index in [-0.39, 0.29) is 14.9 Å². The van der Waals surface area contributed by atoms with Gasteiger partial charge in [-0.2, -0.15) is 0 Å². The van der Waals surface area contributed by atoms with Crippen molar-refractivity contribution >= 4 is 17.0 Å². The predicted octanol–water partition coefficient (Wildman–Crippen LogP) is 9.58. The minimum atomic E-state index is -0.826. The van der Waals surface area contributed by atoms with Crippen molar-refractivity contribution in [2.75, 3.05) is 7.05 Å². The summed E-state index contributed by atoms with van der Waals surface area (Å²) in [6.07, 6.45) is 25.0. The molecular formula is C30H53Cl2NZr. The van der Waals surface area contributed by atoms with Gasteiger partial charge in [0.2, 0.25) is 0 Å². The molecule has 8 atom stereocenters. The summed E-state index contributed by atoms with van der Waals surface area (Å²) in [5, 5.41) is 0. The first-order valence-corrected chi connectivity index (χ1v) is 20.6. The molecule has 196 valence electrons. The number of nitrogens with zero attached hydrogens (tertiary/aromatic N) is 1. The zero-order chi connectivity index (χ0) is 22.3. The van der Waals surface area contributed by atoms with Crippen LogP contribution < -0.4 is 0 Å². The molecule has 0 amide bonds. The normalized spacial score (nSPS) is 43.2. The van der Waals surface area contributed by atoms with Crippen LogP contribution in [0.4, 0.5) is 0 Å². The first kappa shape index (κ1) is 30.0. The maximum atomic E-state index is 4.93. The fourth-order valence-electron chi connectivity index (χ4n) is 11.0. The van der Waals surface area contributed by atoms with Crippen LogP contribution >= 0.6 is 17.0 Å². The van der Waals surface area contributed by atoms with Crippen molar-refractivity contribution in [3.63, 3.8) is 0 Å². The van der Waals surface area contributed by atoms with Gasteiger partial charge in [0.25, 0.3) is 0 Å². The number of hydrogen-bond donors (Lipinski definition) is 0. The second-order valence-corrected chi connectivity index (χ2v) is 16.6. The van der Waals surface area contributed by atoms with Crippen LogP contribution in [-0.2, 0) is 20.8 Å². The molecule has 5 aliphatic carbocycles. The Balaban J connectivity index is 0.000000618. The van der Waals surface area contributed by atoms with Crippen molar-refractivity contribution in [3.8, 4) is 0 Å². The van der Waals surface area contributed by atoms with Gasteiger partial charge in [0.05, 0.1) is 0 Å². The maximum absolute atomic E-state index is 4.93. The molecule has 6 aliphatic rings. The summed E-state index contributed by atoms with van der Waals surface area (Å²) >= 11 is -0.826. The topological polar surface area (TPSA) is 3.24 Å². The third-order valence-electron chi connectivity index (χ3n) is 11.8. The number of fused-ring (bicyclic) bond motifs is 5. The molecule has 1 heterocycles. The molecule has 0 aromatic rings. The van der Waals surface area contributed by atoms with E-state index in [9.17, 15) is 0 Å². The van der Waals surface area contributed by atoms with Crippen LogP contribution in [0.3, 0.4) is 0 Å². The summed E-state index contributed by atoms with van der Waals surface area (Å²) in [6.45, 7) is 2.58. The summed E-state index contributed by atoms with van der Waals surface area (Å²) in [6, 6.07) is 1.90. The van der Waals surface area contributed by atoms with Gasteiger partial charge in [-0.05, 0) is 112 Å². The molecule has 1 saturated heterocycles. The van der Waals surface area contributed by atoms with Crippen molar-refractivity contribution in [1.29, 1.82) is 0 Å². The van der Waals surface area contributed by atoms with Crippen molar-refractivity contribution in [1.82, 2.24) is 4.90 Å². The third kappa shape index (κ3) is 5.17. The van der Waals surface area contributed by atoms with Crippen molar-refractivity contribution in [2.45, 2.75) is 122 Å². The quantitative estimate of drug-likeness (QED) is 0.290. The number of likely N-dealkylation sites (tertiary alicyclic amines) is 1. The molecule has 0 spiro atoms. The molecule has 34 heavy (non-hydrogen) atoms. The Morgan fingerprint density at radius 2 is 1.32 bits per heavy atom. The minimum absolute atomic E-state index is 0. The summed E-state index contributed by atoms with van der Waals surface area (Å²) < 4.78 is 0.